The summed E-state index contributed by atoms with van der Waals surface area (Å²) in [4.78, 5) is 0. The molecule has 0 spiro atoms. The number of nitrogens with one attached hydrogen (secondary N) is 1. The maximum absolute atomic E-state index is 13.3. The van der Waals surface area contributed by atoms with Gasteiger partial charge in [-0.05, 0) is 25.0 Å². The molecular weight excluding hydrogens is 280 g/mol. The van der Waals surface area contributed by atoms with Crippen LogP contribution in [-0.4, -0.2) is 20.3 Å². The normalized spacial score (nSPS) is 10.5. The number of methoxy groups -OCH3 is 1. The number of hydrogen-bond acceptors (Lipinski definition) is 2. The van der Waals surface area contributed by atoms with Crippen LogP contribution < -0.4 is 5.32 Å². The van der Waals surface area contributed by atoms with Gasteiger partial charge in [-0.3, -0.25) is 0 Å². The molecule has 0 atom stereocenters. The maximum Gasteiger partial charge on any atom is 0.150 e. The molecule has 0 saturated carbocycles. The van der Waals surface area contributed by atoms with Crippen LogP contribution in [0.3, 0.4) is 0 Å². The Morgan fingerprint density at radius 1 is 1.25 bits per heavy atom. The predicted molar refractivity (Wildman–Crippen MR) is 63.7 cm³/mol. The molecule has 1 N–H and O–H groups in total. The zero-order chi connectivity index (χ0) is 12.0. The van der Waals surface area contributed by atoms with Crippen LogP contribution in [0.4, 0.5) is 14.5 Å². The van der Waals surface area contributed by atoms with E-state index in [-0.39, 0.29) is 5.69 Å². The van der Waals surface area contributed by atoms with Crippen molar-refractivity contribution in [1.29, 1.82) is 0 Å². The molecule has 1 aromatic rings. The summed E-state index contributed by atoms with van der Waals surface area (Å²) in [7, 11) is 1.63. The SMILES string of the molecule is COCCCCNc1c(F)cc(Br)cc1F. The van der Waals surface area contributed by atoms with Crippen molar-refractivity contribution in [2.24, 2.45) is 0 Å². The minimum atomic E-state index is -0.585. The molecule has 0 amide bonds. The van der Waals surface area contributed by atoms with Crippen molar-refractivity contribution < 1.29 is 13.5 Å². The summed E-state index contributed by atoms with van der Waals surface area (Å²) in [5.41, 5.74) is -0.0689. The molecule has 0 aromatic heterocycles. The monoisotopic (exact) mass is 293 g/mol. The van der Waals surface area contributed by atoms with Crippen LogP contribution in [0.2, 0.25) is 0 Å². The second-order valence-corrected chi connectivity index (χ2v) is 4.29. The van der Waals surface area contributed by atoms with Gasteiger partial charge in [-0.25, -0.2) is 8.78 Å². The van der Waals surface area contributed by atoms with Crippen molar-refractivity contribution in [1.82, 2.24) is 0 Å². The van der Waals surface area contributed by atoms with Gasteiger partial charge >= 0.3 is 0 Å². The lowest BCUT2D eigenvalue weighted by atomic mass is 10.2. The number of hydrogen-bond donors (Lipinski definition) is 1. The molecule has 0 fully saturated rings. The molecule has 2 nitrogen and oxygen atoms in total. The Balaban J connectivity index is 2.47. The van der Waals surface area contributed by atoms with Gasteiger partial charge in [0.05, 0.1) is 0 Å². The van der Waals surface area contributed by atoms with Gasteiger partial charge in [0.15, 0.2) is 0 Å². The summed E-state index contributed by atoms with van der Waals surface area (Å²) in [6.07, 6.45) is 1.67. The second kappa shape index (κ2) is 6.81. The molecule has 1 rings (SSSR count). The highest BCUT2D eigenvalue weighted by atomic mass is 79.9. The number of ether oxygens (including phenoxy) is 1. The molecule has 0 saturated heterocycles. The molecule has 16 heavy (non-hydrogen) atoms. The lowest BCUT2D eigenvalue weighted by Crippen LogP contribution is -2.06. The number of halogens is 3. The van der Waals surface area contributed by atoms with E-state index in [1.54, 1.807) is 7.11 Å². The Kier molecular flexibility index (Phi) is 5.69. The molecule has 0 aliphatic heterocycles. The van der Waals surface area contributed by atoms with Crippen LogP contribution in [0.15, 0.2) is 16.6 Å². The highest BCUT2D eigenvalue weighted by molar-refractivity contribution is 9.10. The molecule has 0 aliphatic rings. The molecule has 90 valence electrons. The van der Waals surface area contributed by atoms with Crippen molar-refractivity contribution in [3.63, 3.8) is 0 Å². The Hall–Kier alpha value is -0.680. The zero-order valence-electron chi connectivity index (χ0n) is 9.03. The van der Waals surface area contributed by atoms with Gasteiger partial charge in [0, 0.05) is 24.7 Å². The highest BCUT2D eigenvalue weighted by Crippen LogP contribution is 2.23. The van der Waals surface area contributed by atoms with E-state index in [1.807, 2.05) is 0 Å². The van der Waals surface area contributed by atoms with Gasteiger partial charge in [-0.15, -0.1) is 0 Å². The first-order valence-corrected chi connectivity index (χ1v) is 5.82. The minimum absolute atomic E-state index is 0.0689. The van der Waals surface area contributed by atoms with Crippen LogP contribution >= 0.6 is 15.9 Å². The van der Waals surface area contributed by atoms with Gasteiger partial charge in [-0.1, -0.05) is 15.9 Å². The Morgan fingerprint density at radius 2 is 1.88 bits per heavy atom. The maximum atomic E-state index is 13.3. The third kappa shape index (κ3) is 4.06. The van der Waals surface area contributed by atoms with E-state index in [2.05, 4.69) is 21.2 Å². The van der Waals surface area contributed by atoms with Gasteiger partial charge < -0.3 is 10.1 Å². The average molecular weight is 294 g/mol. The topological polar surface area (TPSA) is 21.3 Å². The standard InChI is InChI=1S/C11H14BrF2NO/c1-16-5-3-2-4-15-11-9(13)6-8(12)7-10(11)14/h6-7,15H,2-5H2,1H3. The molecule has 1 aromatic carbocycles. The number of unbranched alkanes of at least 4 members (excludes halogenated alkanes) is 1. The summed E-state index contributed by atoms with van der Waals surface area (Å²) >= 11 is 3.03. The smallest absolute Gasteiger partial charge is 0.150 e. The molecule has 0 radical (unpaired) electrons. The van der Waals surface area contributed by atoms with Crippen LogP contribution in [-0.2, 0) is 4.74 Å². The van der Waals surface area contributed by atoms with Crippen molar-refractivity contribution in [2.45, 2.75) is 12.8 Å². The van der Waals surface area contributed by atoms with Gasteiger partial charge in [-0.2, -0.15) is 0 Å². The zero-order valence-corrected chi connectivity index (χ0v) is 10.6. The summed E-state index contributed by atoms with van der Waals surface area (Å²) < 4.78 is 31.9. The molecule has 0 aliphatic carbocycles. The van der Waals surface area contributed by atoms with E-state index in [4.69, 9.17) is 4.74 Å². The van der Waals surface area contributed by atoms with Crippen LogP contribution in [0.5, 0.6) is 0 Å². The first kappa shape index (κ1) is 13.4. The van der Waals surface area contributed by atoms with Crippen molar-refractivity contribution in [3.05, 3.63) is 28.2 Å². The lowest BCUT2D eigenvalue weighted by molar-refractivity contribution is 0.193. The van der Waals surface area contributed by atoms with E-state index in [1.165, 1.54) is 12.1 Å². The fourth-order valence-electron chi connectivity index (χ4n) is 1.30. The summed E-state index contributed by atoms with van der Waals surface area (Å²) in [6.45, 7) is 1.19. The van der Waals surface area contributed by atoms with Crippen molar-refractivity contribution in [2.75, 3.05) is 25.6 Å². The van der Waals surface area contributed by atoms with Gasteiger partial charge in [0.1, 0.15) is 17.3 Å². The fourth-order valence-corrected chi connectivity index (χ4v) is 1.70. The number of benzene rings is 1. The summed E-state index contributed by atoms with van der Waals surface area (Å²) in [5.74, 6) is -1.17. The van der Waals surface area contributed by atoms with Crippen molar-refractivity contribution in [3.8, 4) is 0 Å². The molecule has 0 heterocycles. The summed E-state index contributed by atoms with van der Waals surface area (Å²) in [6, 6.07) is 2.47. The third-order valence-corrected chi connectivity index (χ3v) is 2.54. The Bertz CT molecular complexity index is 324. The first-order chi connectivity index (χ1) is 7.65. The van der Waals surface area contributed by atoms with E-state index in [0.717, 1.165) is 12.8 Å². The molecule has 0 unspecified atom stereocenters. The molecular formula is C11H14BrF2NO. The fraction of sp³-hybridized carbons (Fsp3) is 0.455. The van der Waals surface area contributed by atoms with Crippen molar-refractivity contribution >= 4 is 21.6 Å². The van der Waals surface area contributed by atoms with Gasteiger partial charge in [0.2, 0.25) is 0 Å². The highest BCUT2D eigenvalue weighted by Gasteiger charge is 2.09. The van der Waals surface area contributed by atoms with E-state index < -0.39 is 11.6 Å². The number of rotatable bonds is 6. The Labute approximate surface area is 102 Å². The van der Waals surface area contributed by atoms with E-state index in [9.17, 15) is 8.78 Å². The lowest BCUT2D eigenvalue weighted by Gasteiger charge is -2.08. The minimum Gasteiger partial charge on any atom is -0.385 e. The number of anilines is 1. The van der Waals surface area contributed by atoms with Crippen LogP contribution in [0, 0.1) is 11.6 Å². The predicted octanol–water partition coefficient (Wildman–Crippen LogP) is 3.57. The first-order valence-electron chi connectivity index (χ1n) is 5.02. The van der Waals surface area contributed by atoms with Gasteiger partial charge in [0.25, 0.3) is 0 Å². The third-order valence-electron chi connectivity index (χ3n) is 2.08. The quantitative estimate of drug-likeness (QED) is 0.810. The average Bonchev–Trinajstić information content (AvgIpc) is 2.20. The summed E-state index contributed by atoms with van der Waals surface area (Å²) in [5, 5.41) is 2.74. The molecule has 0 bridgehead atoms. The largest absolute Gasteiger partial charge is 0.385 e. The van der Waals surface area contributed by atoms with E-state index in [0.29, 0.717) is 17.6 Å². The Morgan fingerprint density at radius 3 is 2.44 bits per heavy atom. The van der Waals surface area contributed by atoms with Crippen LogP contribution in [0.1, 0.15) is 12.8 Å². The molecule has 5 heteroatoms. The van der Waals surface area contributed by atoms with Crippen LogP contribution in [0.25, 0.3) is 0 Å². The second-order valence-electron chi connectivity index (χ2n) is 3.37. The van der Waals surface area contributed by atoms with E-state index >= 15 is 0 Å².